The van der Waals surface area contributed by atoms with E-state index in [2.05, 4.69) is 20.3 Å². The van der Waals surface area contributed by atoms with Gasteiger partial charge < -0.3 is 4.52 Å². The van der Waals surface area contributed by atoms with Crippen LogP contribution in [0.4, 0.5) is 0 Å². The smallest absolute Gasteiger partial charge is 0.275 e. The molecule has 3 aromatic rings. The summed E-state index contributed by atoms with van der Waals surface area (Å²) < 4.78 is 5.27. The maximum Gasteiger partial charge on any atom is 0.275 e. The Hall–Kier alpha value is -2.43. The summed E-state index contributed by atoms with van der Waals surface area (Å²) in [5.41, 5.74) is 2.70. The summed E-state index contributed by atoms with van der Waals surface area (Å²) in [5, 5.41) is 11.2. The van der Waals surface area contributed by atoms with Gasteiger partial charge in [-0.3, -0.25) is 5.10 Å². The van der Waals surface area contributed by atoms with Gasteiger partial charge in [-0.05, 0) is 18.9 Å². The van der Waals surface area contributed by atoms with Gasteiger partial charge in [0.2, 0.25) is 0 Å². The van der Waals surface area contributed by atoms with Crippen LogP contribution < -0.4 is 0 Å². The Morgan fingerprint density at radius 3 is 2.79 bits per heavy atom. The lowest BCUT2D eigenvalue weighted by Crippen LogP contribution is -1.82. The second-order valence-electron chi connectivity index (χ2n) is 4.76. The Labute approximate surface area is 109 Å². The summed E-state index contributed by atoms with van der Waals surface area (Å²) in [6, 6.07) is 11.9. The normalized spacial score (nSPS) is 14.7. The fraction of sp³-hybridized carbons (Fsp3) is 0.214. The van der Waals surface area contributed by atoms with E-state index >= 15 is 0 Å². The fourth-order valence-electron chi connectivity index (χ4n) is 2.04. The number of hydrogen-bond acceptors (Lipinski definition) is 4. The summed E-state index contributed by atoms with van der Waals surface area (Å²) in [6.07, 6.45) is 2.33. The molecule has 1 saturated carbocycles. The van der Waals surface area contributed by atoms with Crippen LogP contribution in [0.3, 0.4) is 0 Å². The molecule has 1 aromatic carbocycles. The van der Waals surface area contributed by atoms with E-state index in [1.807, 2.05) is 36.4 Å². The number of benzene rings is 1. The Morgan fingerprint density at radius 1 is 1.16 bits per heavy atom. The van der Waals surface area contributed by atoms with Crippen LogP contribution >= 0.6 is 0 Å². The third-order valence-corrected chi connectivity index (χ3v) is 3.26. The minimum atomic E-state index is 0.494. The molecule has 0 bridgehead atoms. The summed E-state index contributed by atoms with van der Waals surface area (Å²) in [7, 11) is 0. The topological polar surface area (TPSA) is 67.6 Å². The van der Waals surface area contributed by atoms with Crippen molar-refractivity contribution < 1.29 is 4.52 Å². The van der Waals surface area contributed by atoms with Gasteiger partial charge in [0.05, 0.1) is 5.69 Å². The van der Waals surface area contributed by atoms with Crippen molar-refractivity contribution in [3.8, 4) is 22.8 Å². The third-order valence-electron chi connectivity index (χ3n) is 3.26. The molecule has 4 rings (SSSR count). The van der Waals surface area contributed by atoms with Gasteiger partial charge >= 0.3 is 0 Å². The summed E-state index contributed by atoms with van der Waals surface area (Å²) in [4.78, 5) is 4.40. The second kappa shape index (κ2) is 4.05. The predicted molar refractivity (Wildman–Crippen MR) is 69.3 cm³/mol. The van der Waals surface area contributed by atoms with Gasteiger partial charge in [-0.2, -0.15) is 10.1 Å². The summed E-state index contributed by atoms with van der Waals surface area (Å²) in [5.74, 6) is 1.82. The fourth-order valence-corrected chi connectivity index (χ4v) is 2.04. The van der Waals surface area contributed by atoms with Crippen LogP contribution in [0.15, 0.2) is 40.9 Å². The van der Waals surface area contributed by atoms with Gasteiger partial charge in [-0.15, -0.1) is 0 Å². The van der Waals surface area contributed by atoms with Gasteiger partial charge in [-0.25, -0.2) is 0 Å². The van der Waals surface area contributed by atoms with Crippen LogP contribution in [0.5, 0.6) is 0 Å². The number of nitrogens with zero attached hydrogens (tertiary/aromatic N) is 3. The molecule has 0 aliphatic heterocycles. The molecule has 0 atom stereocenters. The first-order valence-corrected chi connectivity index (χ1v) is 6.35. The van der Waals surface area contributed by atoms with Crippen molar-refractivity contribution >= 4 is 0 Å². The largest absolute Gasteiger partial charge is 0.332 e. The first-order chi connectivity index (χ1) is 9.40. The van der Waals surface area contributed by atoms with E-state index in [4.69, 9.17) is 4.52 Å². The maximum atomic E-state index is 5.27. The zero-order valence-electron chi connectivity index (χ0n) is 10.2. The van der Waals surface area contributed by atoms with Gasteiger partial charge in [-0.1, -0.05) is 35.5 Å². The lowest BCUT2D eigenvalue weighted by Gasteiger charge is -1.92. The molecule has 0 saturated heterocycles. The van der Waals surface area contributed by atoms with Crippen LogP contribution in [0.25, 0.3) is 22.8 Å². The van der Waals surface area contributed by atoms with Crippen LogP contribution in [0.1, 0.15) is 24.6 Å². The molecule has 1 fully saturated rings. The highest BCUT2D eigenvalue weighted by atomic mass is 16.5. The van der Waals surface area contributed by atoms with Crippen LogP contribution in [0, 0.1) is 0 Å². The Bertz CT molecular complexity index is 697. The van der Waals surface area contributed by atoms with Crippen LogP contribution in [0.2, 0.25) is 0 Å². The molecule has 2 aromatic heterocycles. The molecule has 1 aliphatic rings. The highest BCUT2D eigenvalue weighted by Gasteiger charge is 2.29. The van der Waals surface area contributed by atoms with Crippen LogP contribution in [-0.4, -0.2) is 20.3 Å². The van der Waals surface area contributed by atoms with Gasteiger partial charge in [0.15, 0.2) is 5.82 Å². The number of hydrogen-bond donors (Lipinski definition) is 1. The van der Waals surface area contributed by atoms with Crippen molar-refractivity contribution in [2.24, 2.45) is 0 Å². The summed E-state index contributed by atoms with van der Waals surface area (Å²) >= 11 is 0. The number of H-pyrrole nitrogens is 1. The lowest BCUT2D eigenvalue weighted by molar-refractivity contribution is 0.421. The Kier molecular flexibility index (Phi) is 2.24. The van der Waals surface area contributed by atoms with Crippen molar-refractivity contribution in [1.82, 2.24) is 20.3 Å². The first kappa shape index (κ1) is 10.5. The number of aromatic nitrogens is 4. The van der Waals surface area contributed by atoms with Crippen molar-refractivity contribution in [3.05, 3.63) is 42.2 Å². The zero-order chi connectivity index (χ0) is 12.7. The van der Waals surface area contributed by atoms with Gasteiger partial charge in [0, 0.05) is 11.5 Å². The second-order valence-corrected chi connectivity index (χ2v) is 4.76. The van der Waals surface area contributed by atoms with E-state index in [9.17, 15) is 0 Å². The van der Waals surface area contributed by atoms with E-state index in [-0.39, 0.29) is 0 Å². The summed E-state index contributed by atoms with van der Waals surface area (Å²) in [6.45, 7) is 0. The molecule has 0 unspecified atom stereocenters. The molecule has 19 heavy (non-hydrogen) atoms. The molecule has 94 valence electrons. The molecule has 2 heterocycles. The Morgan fingerprint density at radius 2 is 2.00 bits per heavy atom. The molecule has 5 nitrogen and oxygen atoms in total. The number of nitrogens with one attached hydrogen (secondary N) is 1. The zero-order valence-corrected chi connectivity index (χ0v) is 10.2. The quantitative estimate of drug-likeness (QED) is 0.778. The van der Waals surface area contributed by atoms with Crippen LogP contribution in [-0.2, 0) is 0 Å². The first-order valence-electron chi connectivity index (χ1n) is 6.35. The highest BCUT2D eigenvalue weighted by molar-refractivity contribution is 5.64. The van der Waals surface area contributed by atoms with Gasteiger partial charge in [0.1, 0.15) is 5.69 Å². The molecular weight excluding hydrogens is 240 g/mol. The third kappa shape index (κ3) is 1.93. The molecule has 1 aliphatic carbocycles. The van der Waals surface area contributed by atoms with E-state index in [1.165, 1.54) is 0 Å². The minimum Gasteiger partial charge on any atom is -0.332 e. The van der Waals surface area contributed by atoms with E-state index in [0.29, 0.717) is 11.8 Å². The van der Waals surface area contributed by atoms with Crippen molar-refractivity contribution in [1.29, 1.82) is 0 Å². The molecule has 5 heteroatoms. The molecular formula is C14H12N4O. The number of rotatable bonds is 3. The van der Waals surface area contributed by atoms with Crippen molar-refractivity contribution in [2.45, 2.75) is 18.8 Å². The van der Waals surface area contributed by atoms with E-state index < -0.39 is 0 Å². The lowest BCUT2D eigenvalue weighted by atomic mass is 10.1. The molecule has 0 amide bonds. The number of aromatic amines is 1. The van der Waals surface area contributed by atoms with Crippen molar-refractivity contribution in [2.75, 3.05) is 0 Å². The minimum absolute atomic E-state index is 0.494. The Balaban J connectivity index is 1.66. The monoisotopic (exact) mass is 252 g/mol. The van der Waals surface area contributed by atoms with Crippen molar-refractivity contribution in [3.63, 3.8) is 0 Å². The van der Waals surface area contributed by atoms with Gasteiger partial charge in [0.25, 0.3) is 5.89 Å². The standard InChI is InChI=1S/C14H12N4O/c1-2-4-9(5-3-1)11-8-12(17-16-11)14-15-13(18-19-14)10-6-7-10/h1-5,8,10H,6-7H2,(H,16,17). The van der Waals surface area contributed by atoms with E-state index in [0.717, 1.165) is 35.6 Å². The average molecular weight is 252 g/mol. The molecule has 0 spiro atoms. The SMILES string of the molecule is c1ccc(-c2cc(-c3nc(C4CC4)no3)[nH]n2)cc1. The average Bonchev–Trinajstić information content (AvgIpc) is 3.01. The molecule has 1 N–H and O–H groups in total. The predicted octanol–water partition coefficient (Wildman–Crippen LogP) is 3.00. The highest BCUT2D eigenvalue weighted by Crippen LogP contribution is 2.38. The molecule has 0 radical (unpaired) electrons. The maximum absolute atomic E-state index is 5.27. The van der Waals surface area contributed by atoms with E-state index in [1.54, 1.807) is 0 Å².